The molecule has 1 aromatic rings. The third kappa shape index (κ3) is 5.01. The van der Waals surface area contributed by atoms with Crippen LogP contribution in [0.1, 0.15) is 24.6 Å². The minimum atomic E-state index is -3.46. The summed E-state index contributed by atoms with van der Waals surface area (Å²) >= 11 is 4.85. The molecule has 0 bridgehead atoms. The van der Waals surface area contributed by atoms with Gasteiger partial charge in [-0.1, -0.05) is 0 Å². The Morgan fingerprint density at radius 3 is 2.71 bits per heavy atom. The molecule has 21 heavy (non-hydrogen) atoms. The van der Waals surface area contributed by atoms with Crippen LogP contribution >= 0.6 is 27.3 Å². The molecule has 2 rings (SSSR count). The Balaban J connectivity index is 2.00. The fourth-order valence-corrected chi connectivity index (χ4v) is 5.44. The van der Waals surface area contributed by atoms with Gasteiger partial charge in [0.15, 0.2) is 0 Å². The summed E-state index contributed by atoms with van der Waals surface area (Å²) in [5.41, 5.74) is 0. The van der Waals surface area contributed by atoms with Gasteiger partial charge in [0.2, 0.25) is 10.0 Å². The van der Waals surface area contributed by atoms with Crippen LogP contribution in [-0.4, -0.2) is 46.0 Å². The van der Waals surface area contributed by atoms with E-state index in [0.717, 1.165) is 11.4 Å². The summed E-state index contributed by atoms with van der Waals surface area (Å²) in [7, 11) is 0.401. The molecule has 0 spiro atoms. The van der Waals surface area contributed by atoms with Crippen molar-refractivity contribution in [3.63, 3.8) is 0 Å². The monoisotopic (exact) mass is 395 g/mol. The number of thiophene rings is 1. The number of rotatable bonds is 8. The molecule has 0 saturated heterocycles. The number of hydrogen-bond acceptors (Lipinski definition) is 5. The van der Waals surface area contributed by atoms with Crippen molar-refractivity contribution in [3.8, 4) is 0 Å². The fourth-order valence-electron chi connectivity index (χ4n) is 1.69. The van der Waals surface area contributed by atoms with Crippen LogP contribution in [0.2, 0.25) is 0 Å². The van der Waals surface area contributed by atoms with E-state index in [1.807, 2.05) is 25.9 Å². The Morgan fingerprint density at radius 2 is 2.14 bits per heavy atom. The molecule has 1 unspecified atom stereocenters. The van der Waals surface area contributed by atoms with Crippen LogP contribution in [0.3, 0.4) is 0 Å². The standard InChI is InChI=1S/C13H22BrN3O2S2/c1-9(17(2)3)7-16-21(18,19)12-6-11(20-13(12)14)8-15-10-4-5-10/h6,9-10,15-16H,4-5,7-8H2,1-3H3. The number of nitrogens with zero attached hydrogens (tertiary/aromatic N) is 1. The largest absolute Gasteiger partial charge is 0.309 e. The lowest BCUT2D eigenvalue weighted by molar-refractivity contribution is 0.314. The lowest BCUT2D eigenvalue weighted by Crippen LogP contribution is -2.38. The molecule has 0 aliphatic heterocycles. The topological polar surface area (TPSA) is 61.4 Å². The Morgan fingerprint density at radius 1 is 1.48 bits per heavy atom. The highest BCUT2D eigenvalue weighted by molar-refractivity contribution is 9.11. The highest BCUT2D eigenvalue weighted by Crippen LogP contribution is 2.32. The minimum absolute atomic E-state index is 0.146. The number of hydrogen-bond donors (Lipinski definition) is 2. The van der Waals surface area contributed by atoms with Gasteiger partial charge in [-0.25, -0.2) is 13.1 Å². The normalized spacial score (nSPS) is 17.4. The maximum Gasteiger partial charge on any atom is 0.242 e. The average molecular weight is 396 g/mol. The van der Waals surface area contributed by atoms with E-state index in [1.165, 1.54) is 24.2 Å². The summed E-state index contributed by atoms with van der Waals surface area (Å²) in [4.78, 5) is 3.36. The van der Waals surface area contributed by atoms with E-state index in [0.29, 0.717) is 21.3 Å². The van der Waals surface area contributed by atoms with Crippen LogP contribution in [0.5, 0.6) is 0 Å². The van der Waals surface area contributed by atoms with Gasteiger partial charge < -0.3 is 10.2 Å². The molecule has 2 N–H and O–H groups in total. The second kappa shape index (κ2) is 7.06. The van der Waals surface area contributed by atoms with Gasteiger partial charge in [0, 0.05) is 30.1 Å². The summed E-state index contributed by atoms with van der Waals surface area (Å²) < 4.78 is 28.1. The van der Waals surface area contributed by atoms with Crippen molar-refractivity contribution in [3.05, 3.63) is 14.7 Å². The van der Waals surface area contributed by atoms with Gasteiger partial charge in [-0.15, -0.1) is 11.3 Å². The Kier molecular flexibility index (Phi) is 5.84. The van der Waals surface area contributed by atoms with E-state index in [2.05, 4.69) is 26.0 Å². The first kappa shape index (κ1) is 17.4. The summed E-state index contributed by atoms with van der Waals surface area (Å²) in [6.07, 6.45) is 2.45. The van der Waals surface area contributed by atoms with E-state index >= 15 is 0 Å². The highest BCUT2D eigenvalue weighted by Gasteiger charge is 2.24. The molecular weight excluding hydrogens is 374 g/mol. The molecule has 0 aromatic carbocycles. The van der Waals surface area contributed by atoms with Crippen molar-refractivity contribution in [1.82, 2.24) is 14.9 Å². The molecule has 1 aliphatic rings. The number of halogens is 1. The van der Waals surface area contributed by atoms with E-state index < -0.39 is 10.0 Å². The molecule has 5 nitrogen and oxygen atoms in total. The quantitative estimate of drug-likeness (QED) is 0.706. The van der Waals surface area contributed by atoms with Crippen molar-refractivity contribution in [1.29, 1.82) is 0 Å². The molecule has 8 heteroatoms. The molecule has 1 fully saturated rings. The van der Waals surface area contributed by atoms with Gasteiger partial charge in [-0.05, 0) is 55.9 Å². The summed E-state index contributed by atoms with van der Waals surface area (Å²) in [6, 6.07) is 2.52. The second-order valence-electron chi connectivity index (χ2n) is 5.67. The van der Waals surface area contributed by atoms with Gasteiger partial charge in [-0.2, -0.15) is 0 Å². The Bertz CT molecular complexity index is 582. The third-order valence-corrected chi connectivity index (χ3v) is 7.26. The number of sulfonamides is 1. The predicted octanol–water partition coefficient (Wildman–Crippen LogP) is 1.99. The van der Waals surface area contributed by atoms with Crippen LogP contribution < -0.4 is 10.0 Å². The molecule has 0 radical (unpaired) electrons. The zero-order valence-corrected chi connectivity index (χ0v) is 15.7. The molecule has 1 aliphatic carbocycles. The fraction of sp³-hybridized carbons (Fsp3) is 0.692. The maximum atomic E-state index is 12.4. The number of nitrogens with one attached hydrogen (secondary N) is 2. The van der Waals surface area contributed by atoms with Crippen LogP contribution in [0, 0.1) is 0 Å². The lowest BCUT2D eigenvalue weighted by Gasteiger charge is -2.19. The van der Waals surface area contributed by atoms with E-state index in [-0.39, 0.29) is 6.04 Å². The van der Waals surface area contributed by atoms with Crippen LogP contribution in [-0.2, 0) is 16.6 Å². The molecule has 0 amide bonds. The van der Waals surface area contributed by atoms with Crippen molar-refractivity contribution in [2.75, 3.05) is 20.6 Å². The number of likely N-dealkylation sites (N-methyl/N-ethyl adjacent to an activating group) is 1. The Hall–Kier alpha value is 0.01000. The molecular formula is C13H22BrN3O2S2. The van der Waals surface area contributed by atoms with E-state index in [1.54, 1.807) is 6.07 Å². The summed E-state index contributed by atoms with van der Waals surface area (Å²) in [5.74, 6) is 0. The van der Waals surface area contributed by atoms with Gasteiger partial charge in [-0.3, -0.25) is 0 Å². The van der Waals surface area contributed by atoms with Crippen LogP contribution in [0.4, 0.5) is 0 Å². The van der Waals surface area contributed by atoms with Crippen molar-refractivity contribution < 1.29 is 8.42 Å². The highest BCUT2D eigenvalue weighted by atomic mass is 79.9. The zero-order valence-electron chi connectivity index (χ0n) is 12.5. The summed E-state index contributed by atoms with van der Waals surface area (Å²) in [5, 5.41) is 3.40. The van der Waals surface area contributed by atoms with Gasteiger partial charge in [0.1, 0.15) is 4.90 Å². The van der Waals surface area contributed by atoms with E-state index in [9.17, 15) is 8.42 Å². The lowest BCUT2D eigenvalue weighted by atomic mass is 10.3. The minimum Gasteiger partial charge on any atom is -0.309 e. The van der Waals surface area contributed by atoms with Crippen molar-refractivity contribution in [2.45, 2.75) is 43.3 Å². The first-order valence-electron chi connectivity index (χ1n) is 6.97. The second-order valence-corrected chi connectivity index (χ2v) is 9.86. The first-order valence-corrected chi connectivity index (χ1v) is 10.1. The first-order chi connectivity index (χ1) is 9.79. The van der Waals surface area contributed by atoms with Crippen LogP contribution in [0.25, 0.3) is 0 Å². The molecule has 1 aromatic heterocycles. The maximum absolute atomic E-state index is 12.4. The van der Waals surface area contributed by atoms with Gasteiger partial charge in [0.05, 0.1) is 3.79 Å². The molecule has 120 valence electrons. The third-order valence-electron chi connectivity index (χ3n) is 3.59. The smallest absolute Gasteiger partial charge is 0.242 e. The van der Waals surface area contributed by atoms with Crippen LogP contribution in [0.15, 0.2) is 14.7 Å². The Labute approximate surface area is 139 Å². The van der Waals surface area contributed by atoms with Gasteiger partial charge >= 0.3 is 0 Å². The van der Waals surface area contributed by atoms with E-state index in [4.69, 9.17) is 0 Å². The molecule has 1 saturated carbocycles. The molecule has 1 heterocycles. The molecule has 1 atom stereocenters. The average Bonchev–Trinajstić information content (AvgIpc) is 3.16. The zero-order chi connectivity index (χ0) is 15.6. The summed E-state index contributed by atoms with van der Waals surface area (Å²) in [6.45, 7) is 3.11. The SMILES string of the molecule is CC(CNS(=O)(=O)c1cc(CNC2CC2)sc1Br)N(C)C. The predicted molar refractivity (Wildman–Crippen MR) is 90.2 cm³/mol. The van der Waals surface area contributed by atoms with Gasteiger partial charge in [0.25, 0.3) is 0 Å². The van der Waals surface area contributed by atoms with Crippen molar-refractivity contribution >= 4 is 37.3 Å². The van der Waals surface area contributed by atoms with Crippen molar-refractivity contribution in [2.24, 2.45) is 0 Å².